The number of unbranched alkanes of at least 4 members (excludes halogenated alkanes) is 1. The molecule has 2 aromatic rings. The molecule has 1 fully saturated rings. The Morgan fingerprint density at radius 1 is 1.00 bits per heavy atom. The maximum atomic E-state index is 12.6. The van der Waals surface area contributed by atoms with E-state index in [1.807, 2.05) is 31.2 Å². The van der Waals surface area contributed by atoms with Gasteiger partial charge in [0.2, 0.25) is 5.91 Å². The molecule has 7 nitrogen and oxygen atoms in total. The van der Waals surface area contributed by atoms with Gasteiger partial charge in [0.15, 0.2) is 0 Å². The van der Waals surface area contributed by atoms with Gasteiger partial charge in [-0.1, -0.05) is 25.5 Å². The third kappa shape index (κ3) is 4.50. The molecular weight excluding hydrogens is 394 g/mol. The largest absolute Gasteiger partial charge is 0.348 e. The fourth-order valence-corrected chi connectivity index (χ4v) is 3.53. The minimum Gasteiger partial charge on any atom is -0.348 e. The lowest BCUT2D eigenvalue weighted by molar-refractivity contribution is -0.117. The highest BCUT2D eigenvalue weighted by Gasteiger charge is 2.35. The van der Waals surface area contributed by atoms with Gasteiger partial charge in [0, 0.05) is 30.3 Å². The zero-order valence-corrected chi connectivity index (χ0v) is 17.4. The molecule has 0 saturated heterocycles. The van der Waals surface area contributed by atoms with Gasteiger partial charge >= 0.3 is 0 Å². The van der Waals surface area contributed by atoms with Gasteiger partial charge in [0.05, 0.1) is 11.1 Å². The molecule has 1 aliphatic carbocycles. The van der Waals surface area contributed by atoms with Gasteiger partial charge in [-0.2, -0.15) is 0 Å². The van der Waals surface area contributed by atoms with E-state index in [-0.39, 0.29) is 35.1 Å². The number of carbonyl (C=O) groups excluding carboxylic acids is 4. The van der Waals surface area contributed by atoms with Crippen LogP contribution < -0.4 is 10.6 Å². The zero-order valence-electron chi connectivity index (χ0n) is 17.4. The van der Waals surface area contributed by atoms with Crippen LogP contribution in [-0.4, -0.2) is 35.1 Å². The van der Waals surface area contributed by atoms with Crippen LogP contribution in [-0.2, 0) is 11.3 Å². The Kier molecular flexibility index (Phi) is 5.84. The number of nitrogens with zero attached hydrogens (tertiary/aromatic N) is 1. The molecule has 0 aromatic heterocycles. The molecule has 1 heterocycles. The lowest BCUT2D eigenvalue weighted by atomic mass is 10.1. The van der Waals surface area contributed by atoms with E-state index in [0.29, 0.717) is 24.2 Å². The van der Waals surface area contributed by atoms with Gasteiger partial charge in [-0.05, 0) is 55.2 Å². The van der Waals surface area contributed by atoms with Crippen LogP contribution in [0.2, 0.25) is 0 Å². The number of benzene rings is 2. The molecular formula is C24H25N3O4. The second kappa shape index (κ2) is 8.71. The van der Waals surface area contributed by atoms with Gasteiger partial charge in [-0.3, -0.25) is 24.1 Å². The summed E-state index contributed by atoms with van der Waals surface area (Å²) < 4.78 is 0. The van der Waals surface area contributed by atoms with Crippen LogP contribution in [0.4, 0.5) is 5.69 Å². The average Bonchev–Trinajstić information content (AvgIpc) is 3.60. The lowest BCUT2D eigenvalue weighted by Crippen LogP contribution is -2.30. The SMILES string of the molecule is CCCCN1C(=O)c2ccc(C(=O)NCc3ccc(NC(=O)C4CC4)cc3)cc2C1=O. The summed E-state index contributed by atoms with van der Waals surface area (Å²) in [6.07, 6.45) is 3.54. The monoisotopic (exact) mass is 419 g/mol. The van der Waals surface area contributed by atoms with Crippen LogP contribution >= 0.6 is 0 Å². The highest BCUT2D eigenvalue weighted by atomic mass is 16.2. The molecule has 0 radical (unpaired) electrons. The normalized spacial score (nSPS) is 15.1. The second-order valence-corrected chi connectivity index (χ2v) is 8.02. The van der Waals surface area contributed by atoms with Gasteiger partial charge in [0.1, 0.15) is 0 Å². The van der Waals surface area contributed by atoms with Gasteiger partial charge in [-0.15, -0.1) is 0 Å². The van der Waals surface area contributed by atoms with Crippen LogP contribution in [0.3, 0.4) is 0 Å². The molecule has 160 valence electrons. The van der Waals surface area contributed by atoms with Crippen LogP contribution in [0, 0.1) is 5.92 Å². The molecule has 4 rings (SSSR count). The number of fused-ring (bicyclic) bond motifs is 1. The quantitative estimate of drug-likeness (QED) is 0.642. The van der Waals surface area contributed by atoms with Crippen LogP contribution in [0.25, 0.3) is 0 Å². The number of anilines is 1. The first-order valence-corrected chi connectivity index (χ1v) is 10.7. The summed E-state index contributed by atoms with van der Waals surface area (Å²) in [4.78, 5) is 50.6. The Hall–Kier alpha value is -3.48. The van der Waals surface area contributed by atoms with Gasteiger partial charge < -0.3 is 10.6 Å². The molecule has 4 amide bonds. The molecule has 1 saturated carbocycles. The molecule has 0 atom stereocenters. The standard InChI is InChI=1S/C24H25N3O4/c1-2-3-12-27-23(30)19-11-8-17(13-20(19)24(27)31)21(28)25-14-15-4-9-18(10-5-15)26-22(29)16-6-7-16/h4-5,8-11,13,16H,2-3,6-7,12,14H2,1H3,(H,25,28)(H,26,29). The summed E-state index contributed by atoms with van der Waals surface area (Å²) in [6.45, 7) is 2.70. The van der Waals surface area contributed by atoms with Crippen molar-refractivity contribution in [1.29, 1.82) is 0 Å². The lowest BCUT2D eigenvalue weighted by Gasteiger charge is -2.12. The van der Waals surface area contributed by atoms with E-state index in [1.54, 1.807) is 12.1 Å². The highest BCUT2D eigenvalue weighted by Crippen LogP contribution is 2.30. The summed E-state index contributed by atoms with van der Waals surface area (Å²) in [5, 5.41) is 5.71. The van der Waals surface area contributed by atoms with Crippen molar-refractivity contribution in [2.45, 2.75) is 39.2 Å². The smallest absolute Gasteiger partial charge is 0.261 e. The molecule has 7 heteroatoms. The molecule has 1 aliphatic heterocycles. The predicted molar refractivity (Wildman–Crippen MR) is 116 cm³/mol. The Bertz CT molecular complexity index is 1040. The zero-order chi connectivity index (χ0) is 22.0. The summed E-state index contributed by atoms with van der Waals surface area (Å²) >= 11 is 0. The van der Waals surface area contributed by atoms with Crippen molar-refractivity contribution in [1.82, 2.24) is 10.2 Å². The number of carbonyl (C=O) groups is 4. The molecule has 31 heavy (non-hydrogen) atoms. The summed E-state index contributed by atoms with van der Waals surface area (Å²) in [6, 6.07) is 11.9. The van der Waals surface area contributed by atoms with Crippen molar-refractivity contribution in [2.24, 2.45) is 5.92 Å². The first-order chi connectivity index (χ1) is 15.0. The van der Waals surface area contributed by atoms with Crippen LogP contribution in [0.15, 0.2) is 42.5 Å². The minimum absolute atomic E-state index is 0.0546. The van der Waals surface area contributed by atoms with E-state index in [0.717, 1.165) is 36.9 Å². The Morgan fingerprint density at radius 2 is 1.71 bits per heavy atom. The van der Waals surface area contributed by atoms with E-state index >= 15 is 0 Å². The van der Waals surface area contributed by atoms with Crippen LogP contribution in [0.5, 0.6) is 0 Å². The first-order valence-electron chi connectivity index (χ1n) is 10.7. The maximum Gasteiger partial charge on any atom is 0.261 e. The number of amides is 4. The highest BCUT2D eigenvalue weighted by molar-refractivity contribution is 6.22. The predicted octanol–water partition coefficient (Wildman–Crippen LogP) is 3.36. The van der Waals surface area contributed by atoms with E-state index in [1.165, 1.54) is 11.0 Å². The van der Waals surface area contributed by atoms with Crippen molar-refractivity contribution in [3.8, 4) is 0 Å². The average molecular weight is 419 g/mol. The third-order valence-corrected chi connectivity index (χ3v) is 5.59. The first kappa shape index (κ1) is 20.8. The van der Waals surface area contributed by atoms with Crippen molar-refractivity contribution in [2.75, 3.05) is 11.9 Å². The number of hydrogen-bond acceptors (Lipinski definition) is 4. The number of nitrogens with one attached hydrogen (secondary N) is 2. The van der Waals surface area contributed by atoms with Crippen molar-refractivity contribution >= 4 is 29.3 Å². The summed E-state index contributed by atoms with van der Waals surface area (Å²) in [7, 11) is 0. The van der Waals surface area contributed by atoms with E-state index in [2.05, 4.69) is 10.6 Å². The molecule has 2 aliphatic rings. The molecule has 2 aromatic carbocycles. The second-order valence-electron chi connectivity index (χ2n) is 8.02. The molecule has 2 N–H and O–H groups in total. The summed E-state index contributed by atoms with van der Waals surface area (Å²) in [5.74, 6) is -0.756. The van der Waals surface area contributed by atoms with Gasteiger partial charge in [0.25, 0.3) is 17.7 Å². The Morgan fingerprint density at radius 3 is 2.39 bits per heavy atom. The number of hydrogen-bond donors (Lipinski definition) is 2. The number of rotatable bonds is 8. The van der Waals surface area contributed by atoms with Crippen molar-refractivity contribution < 1.29 is 19.2 Å². The molecule has 0 spiro atoms. The van der Waals surface area contributed by atoms with E-state index in [4.69, 9.17) is 0 Å². The van der Waals surface area contributed by atoms with Crippen LogP contribution in [0.1, 0.15) is 69.2 Å². The van der Waals surface area contributed by atoms with E-state index in [9.17, 15) is 19.2 Å². The fourth-order valence-electron chi connectivity index (χ4n) is 3.53. The van der Waals surface area contributed by atoms with Crippen molar-refractivity contribution in [3.05, 3.63) is 64.7 Å². The molecule has 0 unspecified atom stereocenters. The number of imide groups is 1. The topological polar surface area (TPSA) is 95.6 Å². The van der Waals surface area contributed by atoms with Gasteiger partial charge in [-0.25, -0.2) is 0 Å². The van der Waals surface area contributed by atoms with Crippen molar-refractivity contribution in [3.63, 3.8) is 0 Å². The minimum atomic E-state index is -0.341. The Labute approximate surface area is 180 Å². The van der Waals surface area contributed by atoms with E-state index < -0.39 is 0 Å². The summed E-state index contributed by atoms with van der Waals surface area (Å²) in [5.41, 5.74) is 2.59. The molecule has 0 bridgehead atoms. The maximum absolute atomic E-state index is 12.6. The fraction of sp³-hybridized carbons (Fsp3) is 0.333. The third-order valence-electron chi connectivity index (χ3n) is 5.59. The Balaban J connectivity index is 1.36.